The molecule has 0 atom stereocenters. The molecule has 0 spiro atoms. The van der Waals surface area contributed by atoms with Crippen LogP contribution in [0, 0.1) is 0 Å². The van der Waals surface area contributed by atoms with Crippen molar-refractivity contribution in [2.24, 2.45) is 0 Å². The molecule has 2 aromatic carbocycles. The van der Waals surface area contributed by atoms with E-state index in [1.165, 1.54) is 11.3 Å². The quantitative estimate of drug-likeness (QED) is 0.746. The maximum Gasteiger partial charge on any atom is 0.131 e. The van der Waals surface area contributed by atoms with E-state index in [1.807, 2.05) is 30.3 Å². The summed E-state index contributed by atoms with van der Waals surface area (Å²) in [6.07, 6.45) is 4.11. The van der Waals surface area contributed by atoms with Crippen molar-refractivity contribution in [2.75, 3.05) is 18.0 Å². The Morgan fingerprint density at radius 2 is 1.68 bits per heavy atom. The fourth-order valence-corrected chi connectivity index (χ4v) is 2.61. The third kappa shape index (κ3) is 3.03. The third-order valence-electron chi connectivity index (χ3n) is 3.86. The second-order valence-corrected chi connectivity index (χ2v) is 5.24. The van der Waals surface area contributed by atoms with E-state index in [2.05, 4.69) is 59.1 Å². The van der Waals surface area contributed by atoms with Crippen LogP contribution in [0.25, 0.3) is 23.2 Å². The first-order valence-electron chi connectivity index (χ1n) is 7.78. The number of H-pyrrole nitrogens is 1. The number of anilines is 1. The molecule has 0 bridgehead atoms. The van der Waals surface area contributed by atoms with Gasteiger partial charge in [0.1, 0.15) is 5.82 Å². The van der Waals surface area contributed by atoms with Gasteiger partial charge in [-0.1, -0.05) is 30.3 Å². The summed E-state index contributed by atoms with van der Waals surface area (Å²) in [5.41, 5.74) is 4.51. The van der Waals surface area contributed by atoms with Crippen LogP contribution in [0.5, 0.6) is 0 Å². The van der Waals surface area contributed by atoms with E-state index in [-0.39, 0.29) is 0 Å². The number of nitrogens with one attached hydrogen (secondary N) is 1. The Morgan fingerprint density at radius 3 is 2.36 bits per heavy atom. The van der Waals surface area contributed by atoms with Gasteiger partial charge in [0.05, 0.1) is 11.0 Å². The summed E-state index contributed by atoms with van der Waals surface area (Å²) in [5, 5.41) is 0. The first-order chi connectivity index (χ1) is 10.8. The lowest BCUT2D eigenvalue weighted by Crippen LogP contribution is -2.21. The molecule has 0 aliphatic rings. The highest BCUT2D eigenvalue weighted by molar-refractivity contribution is 5.78. The predicted octanol–water partition coefficient (Wildman–Crippen LogP) is 4.58. The third-order valence-corrected chi connectivity index (χ3v) is 3.86. The van der Waals surface area contributed by atoms with Crippen molar-refractivity contribution in [3.8, 4) is 0 Å². The van der Waals surface area contributed by atoms with Gasteiger partial charge in [0.2, 0.25) is 0 Å². The van der Waals surface area contributed by atoms with Crippen LogP contribution in [0.4, 0.5) is 5.69 Å². The first-order valence-corrected chi connectivity index (χ1v) is 7.78. The molecule has 3 aromatic rings. The maximum atomic E-state index is 4.55. The first kappa shape index (κ1) is 14.4. The number of aromatic nitrogens is 2. The molecule has 0 saturated heterocycles. The minimum absolute atomic E-state index is 0.883. The van der Waals surface area contributed by atoms with E-state index in [1.54, 1.807) is 0 Å². The molecule has 3 nitrogen and oxygen atoms in total. The van der Waals surface area contributed by atoms with Crippen molar-refractivity contribution in [3.05, 3.63) is 59.9 Å². The van der Waals surface area contributed by atoms with Gasteiger partial charge in [0.25, 0.3) is 0 Å². The van der Waals surface area contributed by atoms with Crippen LogP contribution in [0.2, 0.25) is 0 Å². The lowest BCUT2D eigenvalue weighted by atomic mass is 10.2. The minimum Gasteiger partial charge on any atom is -0.372 e. The highest BCUT2D eigenvalue weighted by atomic mass is 15.1. The summed E-state index contributed by atoms with van der Waals surface area (Å²) in [4.78, 5) is 10.2. The highest BCUT2D eigenvalue weighted by Crippen LogP contribution is 2.17. The Hall–Kier alpha value is -2.55. The number of nitrogens with zero attached hydrogens (tertiary/aromatic N) is 2. The van der Waals surface area contributed by atoms with Gasteiger partial charge in [-0.15, -0.1) is 0 Å². The second-order valence-electron chi connectivity index (χ2n) is 5.24. The van der Waals surface area contributed by atoms with Crippen LogP contribution in [-0.4, -0.2) is 23.1 Å². The summed E-state index contributed by atoms with van der Waals surface area (Å²) >= 11 is 0. The molecule has 0 fully saturated rings. The zero-order valence-electron chi connectivity index (χ0n) is 13.1. The van der Waals surface area contributed by atoms with Gasteiger partial charge in [0.15, 0.2) is 0 Å². The van der Waals surface area contributed by atoms with Crippen LogP contribution in [0.3, 0.4) is 0 Å². The molecule has 0 saturated carbocycles. The standard InChI is InChI=1S/C19H21N3/c1-3-22(4-2)16-12-9-15(10-13-16)11-14-19-20-17-7-5-6-8-18(17)21-19/h5-14H,3-4H2,1-2H3,(H,20,21). The predicted molar refractivity (Wildman–Crippen MR) is 95.0 cm³/mol. The van der Waals surface area contributed by atoms with E-state index in [0.29, 0.717) is 0 Å². The van der Waals surface area contributed by atoms with E-state index in [4.69, 9.17) is 0 Å². The van der Waals surface area contributed by atoms with Gasteiger partial charge in [-0.3, -0.25) is 0 Å². The van der Waals surface area contributed by atoms with Crippen molar-refractivity contribution < 1.29 is 0 Å². The Balaban J connectivity index is 1.77. The zero-order chi connectivity index (χ0) is 15.4. The zero-order valence-corrected chi connectivity index (χ0v) is 13.1. The van der Waals surface area contributed by atoms with Gasteiger partial charge in [0, 0.05) is 18.8 Å². The molecule has 112 valence electrons. The molecular weight excluding hydrogens is 270 g/mol. The molecule has 0 radical (unpaired) electrons. The van der Waals surface area contributed by atoms with Gasteiger partial charge in [-0.2, -0.15) is 0 Å². The molecule has 0 unspecified atom stereocenters. The molecule has 22 heavy (non-hydrogen) atoms. The summed E-state index contributed by atoms with van der Waals surface area (Å²) < 4.78 is 0. The number of imidazole rings is 1. The average Bonchev–Trinajstić information content (AvgIpc) is 2.98. The van der Waals surface area contributed by atoms with Crippen molar-refractivity contribution in [2.45, 2.75) is 13.8 Å². The molecule has 0 aliphatic carbocycles. The topological polar surface area (TPSA) is 31.9 Å². The van der Waals surface area contributed by atoms with Gasteiger partial charge >= 0.3 is 0 Å². The largest absolute Gasteiger partial charge is 0.372 e. The number of rotatable bonds is 5. The monoisotopic (exact) mass is 291 g/mol. The van der Waals surface area contributed by atoms with Crippen molar-refractivity contribution in [3.63, 3.8) is 0 Å². The number of benzene rings is 2. The summed E-state index contributed by atoms with van der Waals surface area (Å²) in [6.45, 7) is 6.42. The number of hydrogen-bond donors (Lipinski definition) is 1. The van der Waals surface area contributed by atoms with Crippen molar-refractivity contribution in [1.82, 2.24) is 9.97 Å². The van der Waals surface area contributed by atoms with Crippen molar-refractivity contribution >= 4 is 28.9 Å². The van der Waals surface area contributed by atoms with E-state index in [0.717, 1.165) is 29.9 Å². The van der Waals surface area contributed by atoms with Crippen LogP contribution < -0.4 is 4.90 Å². The molecule has 0 aliphatic heterocycles. The molecular formula is C19H21N3. The lowest BCUT2D eigenvalue weighted by molar-refractivity contribution is 0.866. The van der Waals surface area contributed by atoms with E-state index < -0.39 is 0 Å². The Labute approximate surface area is 131 Å². The summed E-state index contributed by atoms with van der Waals surface area (Å²) in [6, 6.07) is 16.7. The number of hydrogen-bond acceptors (Lipinski definition) is 2. The molecule has 1 N–H and O–H groups in total. The lowest BCUT2D eigenvalue weighted by Gasteiger charge is -2.20. The van der Waals surface area contributed by atoms with Gasteiger partial charge in [-0.25, -0.2) is 4.98 Å². The number of para-hydroxylation sites is 2. The molecule has 0 amide bonds. The average molecular weight is 291 g/mol. The van der Waals surface area contributed by atoms with Gasteiger partial charge in [-0.05, 0) is 49.8 Å². The van der Waals surface area contributed by atoms with Crippen LogP contribution in [0.1, 0.15) is 25.2 Å². The normalized spacial score (nSPS) is 11.4. The Bertz CT molecular complexity index is 732. The minimum atomic E-state index is 0.883. The van der Waals surface area contributed by atoms with E-state index in [9.17, 15) is 0 Å². The highest BCUT2D eigenvalue weighted by Gasteiger charge is 2.01. The van der Waals surface area contributed by atoms with Crippen molar-refractivity contribution in [1.29, 1.82) is 0 Å². The fraction of sp³-hybridized carbons (Fsp3) is 0.211. The van der Waals surface area contributed by atoms with Crippen LogP contribution in [-0.2, 0) is 0 Å². The fourth-order valence-electron chi connectivity index (χ4n) is 2.61. The van der Waals surface area contributed by atoms with Gasteiger partial charge < -0.3 is 9.88 Å². The molecule has 3 rings (SSSR count). The molecule has 3 heteroatoms. The van der Waals surface area contributed by atoms with Crippen LogP contribution in [0.15, 0.2) is 48.5 Å². The SMILES string of the molecule is CCN(CC)c1ccc(C=Cc2nc3ccccc3[nH]2)cc1. The maximum absolute atomic E-state index is 4.55. The summed E-state index contributed by atoms with van der Waals surface area (Å²) in [7, 11) is 0. The second kappa shape index (κ2) is 6.48. The van der Waals surface area contributed by atoms with Crippen LogP contribution >= 0.6 is 0 Å². The van der Waals surface area contributed by atoms with E-state index >= 15 is 0 Å². The smallest absolute Gasteiger partial charge is 0.131 e. The number of aromatic amines is 1. The molecule has 1 aromatic heterocycles. The Morgan fingerprint density at radius 1 is 0.955 bits per heavy atom. The number of fused-ring (bicyclic) bond motifs is 1. The Kier molecular flexibility index (Phi) is 4.24. The molecule has 1 heterocycles. The summed E-state index contributed by atoms with van der Waals surface area (Å²) in [5.74, 6) is 0.883.